The number of allylic oxidation sites excluding steroid dienone is 3. The first-order chi connectivity index (χ1) is 16.4. The summed E-state index contributed by atoms with van der Waals surface area (Å²) in [6, 6.07) is 12.7. The minimum Gasteiger partial charge on any atom is -0.457 e. The molecule has 1 aliphatic rings. The molecule has 5 heteroatoms. The summed E-state index contributed by atoms with van der Waals surface area (Å²) < 4.78 is 18.7. The molecule has 1 N–H and O–H groups in total. The van der Waals surface area contributed by atoms with Crippen molar-refractivity contribution >= 4 is 5.91 Å². The van der Waals surface area contributed by atoms with Crippen LogP contribution in [0.1, 0.15) is 64.2 Å². The number of hydrogen-bond donors (Lipinski definition) is 1. The average molecular weight is 467 g/mol. The third-order valence-corrected chi connectivity index (χ3v) is 5.99. The molecule has 1 fully saturated rings. The van der Waals surface area contributed by atoms with Crippen LogP contribution in [-0.4, -0.2) is 30.4 Å². The number of halogens is 1. The van der Waals surface area contributed by atoms with Crippen LogP contribution in [0.25, 0.3) is 0 Å². The molecule has 2 aromatic rings. The van der Waals surface area contributed by atoms with E-state index in [4.69, 9.17) is 4.74 Å². The maximum absolute atomic E-state index is 13.0. The van der Waals surface area contributed by atoms with Crippen LogP contribution in [0.3, 0.4) is 0 Å². The zero-order valence-corrected chi connectivity index (χ0v) is 21.2. The Morgan fingerprint density at radius 1 is 1.00 bits per heavy atom. The molecule has 0 aliphatic carbocycles. The molecular weight excluding hydrogens is 427 g/mol. The molecule has 34 heavy (non-hydrogen) atoms. The Bertz CT molecular complexity index is 941. The molecule has 0 saturated carbocycles. The molecule has 0 atom stereocenters. The van der Waals surface area contributed by atoms with Crippen LogP contribution >= 0.6 is 0 Å². The fourth-order valence-corrected chi connectivity index (χ4v) is 3.76. The summed E-state index contributed by atoms with van der Waals surface area (Å²) in [6.45, 7) is 13.2. The van der Waals surface area contributed by atoms with Crippen molar-refractivity contribution in [2.24, 2.45) is 5.92 Å². The van der Waals surface area contributed by atoms with Crippen LogP contribution in [0.4, 0.5) is 4.39 Å². The number of carbonyl (C=O) groups is 1. The van der Waals surface area contributed by atoms with E-state index in [0.29, 0.717) is 23.6 Å². The van der Waals surface area contributed by atoms with E-state index < -0.39 is 0 Å². The molecule has 2 aromatic carbocycles. The van der Waals surface area contributed by atoms with Gasteiger partial charge < -0.3 is 15.0 Å². The van der Waals surface area contributed by atoms with Gasteiger partial charge in [0.05, 0.1) is 0 Å². The van der Waals surface area contributed by atoms with Gasteiger partial charge in [-0.25, -0.2) is 4.39 Å². The van der Waals surface area contributed by atoms with Crippen molar-refractivity contribution in [3.05, 3.63) is 83.3 Å². The van der Waals surface area contributed by atoms with Gasteiger partial charge in [-0.2, -0.15) is 0 Å². The van der Waals surface area contributed by atoms with Crippen LogP contribution in [-0.2, 0) is 0 Å². The summed E-state index contributed by atoms with van der Waals surface area (Å²) >= 11 is 0. The molecule has 0 unspecified atom stereocenters. The van der Waals surface area contributed by atoms with E-state index in [9.17, 15) is 9.18 Å². The highest BCUT2D eigenvalue weighted by Crippen LogP contribution is 2.23. The molecule has 1 saturated heterocycles. The molecule has 1 aliphatic heterocycles. The van der Waals surface area contributed by atoms with E-state index in [1.807, 2.05) is 20.8 Å². The first-order valence-corrected chi connectivity index (χ1v) is 12.3. The number of nitrogens with zero attached hydrogens (tertiary/aromatic N) is 1. The summed E-state index contributed by atoms with van der Waals surface area (Å²) in [6.07, 6.45) is 8.05. The number of piperidine rings is 1. The Morgan fingerprint density at radius 2 is 1.56 bits per heavy atom. The van der Waals surface area contributed by atoms with Gasteiger partial charge in [-0.3, -0.25) is 4.79 Å². The molecule has 0 radical (unpaired) electrons. The second-order valence-corrected chi connectivity index (χ2v) is 8.42. The number of hydrogen-bond acceptors (Lipinski definition) is 3. The Morgan fingerprint density at radius 3 is 2.12 bits per heavy atom. The lowest BCUT2D eigenvalue weighted by Crippen LogP contribution is -2.32. The number of rotatable bonds is 8. The third kappa shape index (κ3) is 8.69. The molecular formula is C29H39FN2O2. The number of carbonyl (C=O) groups excluding carboxylic acids is 1. The number of ether oxygens (including phenoxy) is 1. The number of nitrogens with one attached hydrogen (secondary N) is 1. The molecule has 0 spiro atoms. The van der Waals surface area contributed by atoms with Crippen LogP contribution in [0, 0.1) is 11.7 Å². The summed E-state index contributed by atoms with van der Waals surface area (Å²) in [5.41, 5.74) is 2.94. The molecule has 4 nitrogen and oxygen atoms in total. The van der Waals surface area contributed by atoms with E-state index >= 15 is 0 Å². The van der Waals surface area contributed by atoms with Crippen molar-refractivity contribution in [2.45, 2.75) is 53.9 Å². The molecule has 1 amide bonds. The van der Waals surface area contributed by atoms with E-state index in [2.05, 4.69) is 36.2 Å². The van der Waals surface area contributed by atoms with Gasteiger partial charge in [-0.15, -0.1) is 0 Å². The fraction of sp³-hybridized carbons (Fsp3) is 0.414. The molecule has 3 rings (SSSR count). The van der Waals surface area contributed by atoms with Gasteiger partial charge in [-0.05, 0) is 87.2 Å². The highest BCUT2D eigenvalue weighted by molar-refractivity contribution is 5.94. The van der Waals surface area contributed by atoms with Gasteiger partial charge in [-0.1, -0.05) is 38.8 Å². The minimum absolute atomic E-state index is 0.131. The Hall–Kier alpha value is -3.08. The number of amides is 1. The molecule has 184 valence electrons. The molecule has 0 aromatic heterocycles. The second-order valence-electron chi connectivity index (χ2n) is 8.42. The standard InChI is InChI=1S/C27H33FN2O2.C2H6/c1-4-22-15-17-30(18-16-22)21(3)6-5-20(2)19-29-27(31)23-7-11-25(12-8-23)32-26-13-9-24(28)10-14-26;1-2/h5-14,22H,4,15-19H2,1-3H3,(H,29,31);1-2H3/b20-5+,21-6+;. The van der Waals surface area contributed by atoms with Gasteiger partial charge >= 0.3 is 0 Å². The Labute approximate surface area is 204 Å². The highest BCUT2D eigenvalue weighted by Gasteiger charge is 2.17. The van der Waals surface area contributed by atoms with Gasteiger partial charge in [0.2, 0.25) is 0 Å². The van der Waals surface area contributed by atoms with Crippen molar-refractivity contribution in [3.63, 3.8) is 0 Å². The smallest absolute Gasteiger partial charge is 0.251 e. The Kier molecular flexibility index (Phi) is 11.4. The van der Waals surface area contributed by atoms with Gasteiger partial charge in [0.15, 0.2) is 0 Å². The maximum Gasteiger partial charge on any atom is 0.251 e. The van der Waals surface area contributed by atoms with Crippen molar-refractivity contribution in [1.29, 1.82) is 0 Å². The predicted octanol–water partition coefficient (Wildman–Crippen LogP) is 7.35. The van der Waals surface area contributed by atoms with Crippen LogP contribution in [0.5, 0.6) is 11.5 Å². The van der Waals surface area contributed by atoms with Gasteiger partial charge in [0, 0.05) is 30.9 Å². The topological polar surface area (TPSA) is 41.6 Å². The lowest BCUT2D eigenvalue weighted by Gasteiger charge is -2.33. The van der Waals surface area contributed by atoms with Gasteiger partial charge in [0.1, 0.15) is 17.3 Å². The fourth-order valence-electron chi connectivity index (χ4n) is 3.76. The second kappa shape index (κ2) is 14.2. The minimum atomic E-state index is -0.309. The van der Waals surface area contributed by atoms with E-state index in [1.54, 1.807) is 36.4 Å². The lowest BCUT2D eigenvalue weighted by atomic mass is 9.94. The Balaban J connectivity index is 0.00000199. The zero-order valence-electron chi connectivity index (χ0n) is 21.2. The quantitative estimate of drug-likeness (QED) is 0.414. The van der Waals surface area contributed by atoms with E-state index in [-0.39, 0.29) is 11.7 Å². The third-order valence-electron chi connectivity index (χ3n) is 5.99. The predicted molar refractivity (Wildman–Crippen MR) is 139 cm³/mol. The zero-order chi connectivity index (χ0) is 24.9. The first-order valence-electron chi connectivity index (χ1n) is 12.3. The summed E-state index contributed by atoms with van der Waals surface area (Å²) in [5.74, 6) is 1.56. The molecule has 0 bridgehead atoms. The summed E-state index contributed by atoms with van der Waals surface area (Å²) in [4.78, 5) is 14.9. The van der Waals surface area contributed by atoms with E-state index in [0.717, 1.165) is 24.6 Å². The average Bonchev–Trinajstić information content (AvgIpc) is 2.88. The molecule has 1 heterocycles. The van der Waals surface area contributed by atoms with Crippen molar-refractivity contribution in [1.82, 2.24) is 10.2 Å². The van der Waals surface area contributed by atoms with Crippen molar-refractivity contribution < 1.29 is 13.9 Å². The van der Waals surface area contributed by atoms with E-state index in [1.165, 1.54) is 37.1 Å². The summed E-state index contributed by atoms with van der Waals surface area (Å²) in [5, 5.41) is 2.96. The SMILES string of the molecule is CC.CCC1CCN(/C(C)=C/C=C(\C)CNC(=O)c2ccc(Oc3ccc(F)cc3)cc2)CC1. The summed E-state index contributed by atoms with van der Waals surface area (Å²) in [7, 11) is 0. The largest absolute Gasteiger partial charge is 0.457 e. The monoisotopic (exact) mass is 466 g/mol. The van der Waals surface area contributed by atoms with Crippen molar-refractivity contribution in [2.75, 3.05) is 19.6 Å². The normalized spacial score (nSPS) is 14.8. The lowest BCUT2D eigenvalue weighted by molar-refractivity contribution is 0.0957. The maximum atomic E-state index is 13.0. The number of likely N-dealkylation sites (tertiary alicyclic amines) is 1. The van der Waals surface area contributed by atoms with Crippen LogP contribution in [0.15, 0.2) is 72.0 Å². The van der Waals surface area contributed by atoms with Crippen molar-refractivity contribution in [3.8, 4) is 11.5 Å². The first kappa shape index (κ1) is 27.2. The van der Waals surface area contributed by atoms with Gasteiger partial charge in [0.25, 0.3) is 5.91 Å². The van der Waals surface area contributed by atoms with Crippen LogP contribution in [0.2, 0.25) is 0 Å². The highest BCUT2D eigenvalue weighted by atomic mass is 19.1. The number of benzene rings is 2. The van der Waals surface area contributed by atoms with Crippen LogP contribution < -0.4 is 10.1 Å².